The highest BCUT2D eigenvalue weighted by Crippen LogP contribution is 2.31. The molecule has 1 aliphatic rings. The third-order valence-corrected chi connectivity index (χ3v) is 4.87. The minimum absolute atomic E-state index is 0.269. The Morgan fingerprint density at radius 3 is 2.89 bits per heavy atom. The SMILES string of the molecule is O=C(CCC1CCCC1)c1c[nH]c2cccc(Br)c12. The fourth-order valence-electron chi connectivity index (χ4n) is 3.13. The number of halogens is 1. The average molecular weight is 320 g/mol. The Morgan fingerprint density at radius 2 is 2.11 bits per heavy atom. The normalized spacial score (nSPS) is 16.3. The maximum absolute atomic E-state index is 12.4. The number of H-pyrrole nitrogens is 1. The molecule has 3 heteroatoms. The number of Topliss-reactive ketones (excluding diaryl/α,β-unsaturated/α-hetero) is 1. The van der Waals surface area contributed by atoms with Crippen LogP contribution in [0, 0.1) is 5.92 Å². The van der Waals surface area contributed by atoms with Crippen LogP contribution in [0.5, 0.6) is 0 Å². The second-order valence-electron chi connectivity index (χ2n) is 5.48. The van der Waals surface area contributed by atoms with Crippen molar-refractivity contribution in [3.63, 3.8) is 0 Å². The molecule has 1 heterocycles. The molecular weight excluding hydrogens is 302 g/mol. The molecule has 0 bridgehead atoms. The van der Waals surface area contributed by atoms with E-state index in [1.54, 1.807) is 0 Å². The Labute approximate surface area is 121 Å². The molecule has 19 heavy (non-hydrogen) atoms. The summed E-state index contributed by atoms with van der Waals surface area (Å²) in [5, 5.41) is 1.03. The van der Waals surface area contributed by atoms with Crippen LogP contribution in [0.3, 0.4) is 0 Å². The zero-order valence-electron chi connectivity index (χ0n) is 10.9. The molecule has 0 atom stereocenters. The predicted molar refractivity (Wildman–Crippen MR) is 81.5 cm³/mol. The lowest BCUT2D eigenvalue weighted by atomic mass is 9.97. The van der Waals surface area contributed by atoms with Gasteiger partial charge in [-0.1, -0.05) is 47.7 Å². The van der Waals surface area contributed by atoms with E-state index in [0.29, 0.717) is 6.42 Å². The summed E-state index contributed by atoms with van der Waals surface area (Å²) in [5.74, 6) is 1.04. The number of hydrogen-bond donors (Lipinski definition) is 1. The Kier molecular flexibility index (Phi) is 3.74. The van der Waals surface area contributed by atoms with E-state index in [2.05, 4.69) is 20.9 Å². The summed E-state index contributed by atoms with van der Waals surface area (Å²) in [4.78, 5) is 15.6. The monoisotopic (exact) mass is 319 g/mol. The van der Waals surface area contributed by atoms with Gasteiger partial charge in [0, 0.05) is 33.6 Å². The lowest BCUT2D eigenvalue weighted by Crippen LogP contribution is -2.02. The van der Waals surface area contributed by atoms with Crippen LogP contribution in [-0.2, 0) is 0 Å². The Hall–Kier alpha value is -1.09. The Balaban J connectivity index is 1.77. The molecular formula is C16H18BrNO. The van der Waals surface area contributed by atoms with Crippen LogP contribution in [0.15, 0.2) is 28.9 Å². The minimum atomic E-state index is 0.269. The van der Waals surface area contributed by atoms with Crippen molar-refractivity contribution in [1.29, 1.82) is 0 Å². The van der Waals surface area contributed by atoms with Gasteiger partial charge in [-0.3, -0.25) is 4.79 Å². The van der Waals surface area contributed by atoms with Crippen LogP contribution in [0.1, 0.15) is 48.9 Å². The van der Waals surface area contributed by atoms with E-state index in [1.807, 2.05) is 24.4 Å². The van der Waals surface area contributed by atoms with Crippen LogP contribution in [0.25, 0.3) is 10.9 Å². The van der Waals surface area contributed by atoms with Crippen LogP contribution in [0.2, 0.25) is 0 Å². The van der Waals surface area contributed by atoms with Crippen LogP contribution in [-0.4, -0.2) is 10.8 Å². The van der Waals surface area contributed by atoms with Crippen molar-refractivity contribution in [3.05, 3.63) is 34.4 Å². The fraction of sp³-hybridized carbons (Fsp3) is 0.438. The van der Waals surface area contributed by atoms with Crippen LogP contribution >= 0.6 is 15.9 Å². The molecule has 1 aliphatic carbocycles. The van der Waals surface area contributed by atoms with Gasteiger partial charge in [-0.15, -0.1) is 0 Å². The molecule has 1 saturated carbocycles. The molecule has 1 fully saturated rings. The summed E-state index contributed by atoms with van der Waals surface area (Å²) in [5.41, 5.74) is 1.86. The molecule has 1 N–H and O–H groups in total. The number of fused-ring (bicyclic) bond motifs is 1. The maximum Gasteiger partial charge on any atom is 0.165 e. The molecule has 3 rings (SSSR count). The van der Waals surface area contributed by atoms with Crippen molar-refractivity contribution in [3.8, 4) is 0 Å². The summed E-state index contributed by atoms with van der Waals surface area (Å²) in [7, 11) is 0. The number of aromatic amines is 1. The first kappa shape index (κ1) is 12.9. The number of carbonyl (C=O) groups is 1. The molecule has 0 saturated heterocycles. The van der Waals surface area contributed by atoms with Gasteiger partial charge in [0.2, 0.25) is 0 Å². The van der Waals surface area contributed by atoms with E-state index in [0.717, 1.165) is 33.3 Å². The van der Waals surface area contributed by atoms with E-state index >= 15 is 0 Å². The van der Waals surface area contributed by atoms with E-state index in [4.69, 9.17) is 0 Å². The molecule has 0 aliphatic heterocycles. The smallest absolute Gasteiger partial charge is 0.165 e. The van der Waals surface area contributed by atoms with E-state index in [9.17, 15) is 4.79 Å². The highest BCUT2D eigenvalue weighted by Gasteiger charge is 2.19. The molecule has 0 amide bonds. The van der Waals surface area contributed by atoms with Crippen molar-refractivity contribution in [2.75, 3.05) is 0 Å². The second-order valence-corrected chi connectivity index (χ2v) is 6.33. The topological polar surface area (TPSA) is 32.9 Å². The number of ketones is 1. The number of carbonyl (C=O) groups excluding carboxylic acids is 1. The predicted octanol–water partition coefficient (Wildman–Crippen LogP) is 5.08. The first-order valence-corrected chi connectivity index (χ1v) is 7.84. The van der Waals surface area contributed by atoms with Crippen LogP contribution < -0.4 is 0 Å². The van der Waals surface area contributed by atoms with Gasteiger partial charge in [0.05, 0.1) is 0 Å². The average Bonchev–Trinajstić information content (AvgIpc) is 3.05. The lowest BCUT2D eigenvalue weighted by Gasteiger charge is -2.07. The summed E-state index contributed by atoms with van der Waals surface area (Å²) >= 11 is 3.54. The first-order chi connectivity index (χ1) is 9.25. The molecule has 0 radical (unpaired) electrons. The maximum atomic E-state index is 12.4. The van der Waals surface area contributed by atoms with Gasteiger partial charge in [-0.25, -0.2) is 0 Å². The van der Waals surface area contributed by atoms with Crippen molar-refractivity contribution in [2.24, 2.45) is 5.92 Å². The molecule has 2 aromatic rings. The Morgan fingerprint density at radius 1 is 1.32 bits per heavy atom. The van der Waals surface area contributed by atoms with Crippen molar-refractivity contribution in [1.82, 2.24) is 4.98 Å². The number of hydrogen-bond acceptors (Lipinski definition) is 1. The number of aromatic nitrogens is 1. The first-order valence-electron chi connectivity index (χ1n) is 7.04. The third kappa shape index (κ3) is 2.62. The number of nitrogens with one attached hydrogen (secondary N) is 1. The summed E-state index contributed by atoms with van der Waals surface area (Å²) in [6.45, 7) is 0. The van der Waals surface area contributed by atoms with Gasteiger partial charge >= 0.3 is 0 Å². The summed E-state index contributed by atoms with van der Waals surface area (Å²) in [6.07, 6.45) is 8.89. The highest BCUT2D eigenvalue weighted by atomic mass is 79.9. The lowest BCUT2D eigenvalue weighted by molar-refractivity contribution is 0.0975. The number of benzene rings is 1. The standard InChI is InChI=1S/C16H18BrNO/c17-13-6-3-7-14-16(13)12(10-18-14)15(19)9-8-11-4-1-2-5-11/h3,6-7,10-11,18H,1-2,4-5,8-9H2. The number of rotatable bonds is 4. The molecule has 1 aromatic heterocycles. The van der Waals surface area contributed by atoms with E-state index < -0.39 is 0 Å². The largest absolute Gasteiger partial charge is 0.360 e. The van der Waals surface area contributed by atoms with Gasteiger partial charge in [0.15, 0.2) is 5.78 Å². The fourth-order valence-corrected chi connectivity index (χ4v) is 3.71. The second kappa shape index (κ2) is 5.49. The van der Waals surface area contributed by atoms with Crippen molar-refractivity contribution in [2.45, 2.75) is 38.5 Å². The van der Waals surface area contributed by atoms with Gasteiger partial charge in [-0.05, 0) is 24.5 Å². The van der Waals surface area contributed by atoms with E-state index in [-0.39, 0.29) is 5.78 Å². The van der Waals surface area contributed by atoms with Gasteiger partial charge in [0.25, 0.3) is 0 Å². The molecule has 0 spiro atoms. The van der Waals surface area contributed by atoms with Gasteiger partial charge < -0.3 is 4.98 Å². The van der Waals surface area contributed by atoms with E-state index in [1.165, 1.54) is 25.7 Å². The van der Waals surface area contributed by atoms with Crippen molar-refractivity contribution < 1.29 is 4.79 Å². The molecule has 2 nitrogen and oxygen atoms in total. The third-order valence-electron chi connectivity index (χ3n) is 4.21. The van der Waals surface area contributed by atoms with Gasteiger partial charge in [-0.2, -0.15) is 0 Å². The van der Waals surface area contributed by atoms with Crippen molar-refractivity contribution >= 4 is 32.6 Å². The summed E-state index contributed by atoms with van der Waals surface area (Å²) in [6, 6.07) is 5.98. The quantitative estimate of drug-likeness (QED) is 0.783. The van der Waals surface area contributed by atoms with Crippen LogP contribution in [0.4, 0.5) is 0 Å². The van der Waals surface area contributed by atoms with Gasteiger partial charge in [0.1, 0.15) is 0 Å². The highest BCUT2D eigenvalue weighted by molar-refractivity contribution is 9.10. The molecule has 100 valence electrons. The zero-order chi connectivity index (χ0) is 13.2. The Bertz CT molecular complexity index is 596. The minimum Gasteiger partial charge on any atom is -0.360 e. The molecule has 1 aromatic carbocycles. The summed E-state index contributed by atoms with van der Waals surface area (Å²) < 4.78 is 0.996. The molecule has 0 unspecified atom stereocenters. The zero-order valence-corrected chi connectivity index (χ0v) is 12.5.